The normalized spacial score (nSPS) is 11.6. The van der Waals surface area contributed by atoms with E-state index in [1.54, 1.807) is 19.9 Å². The Morgan fingerprint density at radius 2 is 1.68 bits per heavy atom. The first-order valence-corrected chi connectivity index (χ1v) is 8.02. The van der Waals surface area contributed by atoms with E-state index in [2.05, 4.69) is 4.74 Å². The third-order valence-corrected chi connectivity index (χ3v) is 3.72. The number of carbonyl (C=O) groups excluding carboxylic acids is 2. The maximum Gasteiger partial charge on any atom is 0.355 e. The number of ether oxygens (including phenoxy) is 2. The Morgan fingerprint density at radius 1 is 1.09 bits per heavy atom. The number of benzene rings is 1. The van der Waals surface area contributed by atoms with Crippen LogP contribution in [0, 0.1) is 0 Å². The number of sulfonamides is 1. The van der Waals surface area contributed by atoms with E-state index in [9.17, 15) is 18.0 Å². The van der Waals surface area contributed by atoms with Gasteiger partial charge in [-0.25, -0.2) is 18.0 Å². The van der Waals surface area contributed by atoms with Crippen LogP contribution in [0.4, 0.5) is 0 Å². The summed E-state index contributed by atoms with van der Waals surface area (Å²) in [6, 6.07) is 7.44. The zero-order valence-corrected chi connectivity index (χ0v) is 13.1. The maximum atomic E-state index is 12.2. The molecule has 0 aliphatic carbocycles. The fourth-order valence-electron chi connectivity index (χ4n) is 1.44. The van der Waals surface area contributed by atoms with Crippen molar-refractivity contribution in [1.82, 2.24) is 4.72 Å². The summed E-state index contributed by atoms with van der Waals surface area (Å²) in [6.07, 6.45) is 0.752. The number of nitrogens with one attached hydrogen (secondary N) is 1. The van der Waals surface area contributed by atoms with Gasteiger partial charge in [-0.15, -0.1) is 0 Å². The first-order valence-electron chi connectivity index (χ1n) is 6.54. The summed E-state index contributed by atoms with van der Waals surface area (Å²) < 4.78 is 35.8. The Labute approximate surface area is 129 Å². The minimum atomic E-state index is -4.01. The van der Waals surface area contributed by atoms with Gasteiger partial charge in [0.25, 0.3) is 10.0 Å². The highest BCUT2D eigenvalue weighted by Gasteiger charge is 2.21. The van der Waals surface area contributed by atoms with Crippen molar-refractivity contribution in [2.24, 2.45) is 0 Å². The smallest absolute Gasteiger partial charge is 0.355 e. The highest BCUT2D eigenvalue weighted by Crippen LogP contribution is 2.10. The summed E-state index contributed by atoms with van der Waals surface area (Å²) >= 11 is 0. The quantitative estimate of drug-likeness (QED) is 0.592. The van der Waals surface area contributed by atoms with Crippen LogP contribution >= 0.6 is 0 Å². The molecule has 0 atom stereocenters. The van der Waals surface area contributed by atoms with Crippen LogP contribution in [-0.4, -0.2) is 33.6 Å². The molecule has 0 radical (unpaired) electrons. The molecule has 0 bridgehead atoms. The average molecular weight is 327 g/mol. The van der Waals surface area contributed by atoms with Gasteiger partial charge in [0.15, 0.2) is 0 Å². The van der Waals surface area contributed by atoms with E-state index in [1.807, 2.05) is 4.72 Å². The molecule has 22 heavy (non-hydrogen) atoms. The molecule has 0 aromatic heterocycles. The lowest BCUT2D eigenvalue weighted by Crippen LogP contribution is -2.29. The summed E-state index contributed by atoms with van der Waals surface area (Å²) in [7, 11) is -4.01. The van der Waals surface area contributed by atoms with Crippen molar-refractivity contribution < 1.29 is 27.5 Å². The molecule has 0 amide bonds. The summed E-state index contributed by atoms with van der Waals surface area (Å²) in [4.78, 5) is 23.2. The van der Waals surface area contributed by atoms with Gasteiger partial charge in [0.2, 0.25) is 0 Å². The van der Waals surface area contributed by atoms with E-state index in [-0.39, 0.29) is 18.1 Å². The van der Waals surface area contributed by atoms with Crippen LogP contribution in [0.25, 0.3) is 0 Å². The zero-order chi connectivity index (χ0) is 16.6. The molecule has 1 rings (SSSR count). The van der Waals surface area contributed by atoms with Crippen molar-refractivity contribution in [3.05, 3.63) is 42.1 Å². The molecular weight excluding hydrogens is 310 g/mol. The molecule has 1 aromatic rings. The van der Waals surface area contributed by atoms with Crippen molar-refractivity contribution in [2.45, 2.75) is 18.7 Å². The monoisotopic (exact) mass is 327 g/mol. The Bertz CT molecular complexity index is 651. The molecule has 120 valence electrons. The highest BCUT2D eigenvalue weighted by molar-refractivity contribution is 7.89. The van der Waals surface area contributed by atoms with Crippen molar-refractivity contribution in [3.63, 3.8) is 0 Å². The van der Waals surface area contributed by atoms with E-state index in [4.69, 9.17) is 4.74 Å². The molecule has 8 heteroatoms. The van der Waals surface area contributed by atoms with Crippen LogP contribution < -0.4 is 4.72 Å². The van der Waals surface area contributed by atoms with Gasteiger partial charge in [0, 0.05) is 0 Å². The van der Waals surface area contributed by atoms with Crippen LogP contribution in [0.15, 0.2) is 47.0 Å². The van der Waals surface area contributed by atoms with Gasteiger partial charge in [-0.1, -0.05) is 18.2 Å². The van der Waals surface area contributed by atoms with E-state index >= 15 is 0 Å². The van der Waals surface area contributed by atoms with Gasteiger partial charge in [0.05, 0.1) is 24.2 Å². The van der Waals surface area contributed by atoms with E-state index in [1.165, 1.54) is 24.3 Å². The SMILES string of the molecule is CCOC(=O)C=C(NS(=O)(=O)c1ccccc1)C(=O)OCC. The van der Waals surface area contributed by atoms with Crippen LogP contribution in [0.5, 0.6) is 0 Å². The summed E-state index contributed by atoms with van der Waals surface area (Å²) in [5.74, 6) is -1.81. The third kappa shape index (κ3) is 5.21. The first kappa shape index (κ1) is 17.7. The van der Waals surface area contributed by atoms with Crippen LogP contribution in [-0.2, 0) is 29.1 Å². The topological polar surface area (TPSA) is 98.8 Å². The van der Waals surface area contributed by atoms with Gasteiger partial charge in [-0.3, -0.25) is 4.72 Å². The Balaban J connectivity index is 3.08. The summed E-state index contributed by atoms with van der Waals surface area (Å²) in [5, 5.41) is 0. The van der Waals surface area contributed by atoms with E-state index in [0.29, 0.717) is 0 Å². The number of esters is 2. The lowest BCUT2D eigenvalue weighted by molar-refractivity contribution is -0.141. The van der Waals surface area contributed by atoms with Gasteiger partial charge < -0.3 is 9.47 Å². The molecule has 0 spiro atoms. The minimum Gasteiger partial charge on any atom is -0.463 e. The molecule has 1 N–H and O–H groups in total. The second kappa shape index (κ2) is 8.18. The van der Waals surface area contributed by atoms with E-state index in [0.717, 1.165) is 6.08 Å². The Kier molecular flexibility index (Phi) is 6.58. The van der Waals surface area contributed by atoms with Gasteiger partial charge in [-0.05, 0) is 26.0 Å². The number of hydrogen-bond donors (Lipinski definition) is 1. The minimum absolute atomic E-state index is 0.0338. The summed E-state index contributed by atoms with van der Waals surface area (Å²) in [6.45, 7) is 3.28. The number of carbonyl (C=O) groups is 2. The van der Waals surface area contributed by atoms with Crippen molar-refractivity contribution in [3.8, 4) is 0 Å². The second-order valence-electron chi connectivity index (χ2n) is 3.95. The fraction of sp³-hybridized carbons (Fsp3) is 0.286. The van der Waals surface area contributed by atoms with Crippen molar-refractivity contribution >= 4 is 22.0 Å². The van der Waals surface area contributed by atoms with Crippen LogP contribution in [0.3, 0.4) is 0 Å². The van der Waals surface area contributed by atoms with Crippen LogP contribution in [0.2, 0.25) is 0 Å². The lowest BCUT2D eigenvalue weighted by atomic mass is 10.4. The zero-order valence-electron chi connectivity index (χ0n) is 12.2. The standard InChI is InChI=1S/C14H17NO6S/c1-3-20-13(16)10-12(14(17)21-4-2)15-22(18,19)11-8-6-5-7-9-11/h5-10,15H,3-4H2,1-2H3. The third-order valence-electron chi connectivity index (χ3n) is 2.34. The first-order chi connectivity index (χ1) is 10.4. The molecule has 0 saturated heterocycles. The predicted octanol–water partition coefficient (Wildman–Crippen LogP) is 0.975. The average Bonchev–Trinajstić information content (AvgIpc) is 2.48. The van der Waals surface area contributed by atoms with Crippen LogP contribution in [0.1, 0.15) is 13.8 Å². The summed E-state index contributed by atoms with van der Waals surface area (Å²) in [5.41, 5.74) is -0.510. The molecule has 0 aliphatic heterocycles. The Hall–Kier alpha value is -2.35. The molecule has 0 aliphatic rings. The number of hydrogen-bond acceptors (Lipinski definition) is 6. The molecule has 0 saturated carbocycles. The Morgan fingerprint density at radius 3 is 2.23 bits per heavy atom. The van der Waals surface area contributed by atoms with Crippen molar-refractivity contribution in [1.29, 1.82) is 0 Å². The predicted molar refractivity (Wildman–Crippen MR) is 78.1 cm³/mol. The maximum absolute atomic E-state index is 12.2. The van der Waals surface area contributed by atoms with Gasteiger partial charge in [-0.2, -0.15) is 0 Å². The largest absolute Gasteiger partial charge is 0.463 e. The van der Waals surface area contributed by atoms with Crippen molar-refractivity contribution in [2.75, 3.05) is 13.2 Å². The lowest BCUT2D eigenvalue weighted by Gasteiger charge is -2.11. The number of rotatable bonds is 7. The second-order valence-corrected chi connectivity index (χ2v) is 5.63. The van der Waals surface area contributed by atoms with E-state index < -0.39 is 27.7 Å². The highest BCUT2D eigenvalue weighted by atomic mass is 32.2. The molecule has 1 aromatic carbocycles. The molecule has 0 heterocycles. The fourth-order valence-corrected chi connectivity index (χ4v) is 2.51. The molecule has 7 nitrogen and oxygen atoms in total. The van der Waals surface area contributed by atoms with Gasteiger partial charge in [0.1, 0.15) is 5.70 Å². The molecular formula is C14H17NO6S. The molecule has 0 unspecified atom stereocenters. The molecule has 0 fully saturated rings. The van der Waals surface area contributed by atoms with Gasteiger partial charge >= 0.3 is 11.9 Å².